The summed E-state index contributed by atoms with van der Waals surface area (Å²) in [6, 6.07) is 5.71. The number of rotatable bonds is 3. The zero-order chi connectivity index (χ0) is 13.0. The lowest BCUT2D eigenvalue weighted by molar-refractivity contribution is 0.0951. The molecule has 0 bridgehead atoms. The second-order valence-corrected chi connectivity index (χ2v) is 4.71. The molecule has 1 amide bonds. The van der Waals surface area contributed by atoms with E-state index in [1.807, 2.05) is 25.1 Å². The Bertz CT molecular complexity index is 507. The quantitative estimate of drug-likeness (QED) is 0.788. The molecular weight excluding hydrogens is 224 g/mol. The van der Waals surface area contributed by atoms with E-state index in [-0.39, 0.29) is 5.91 Å². The van der Waals surface area contributed by atoms with Gasteiger partial charge in [-0.25, -0.2) is 0 Å². The molecule has 1 aliphatic carbocycles. The third-order valence-corrected chi connectivity index (χ3v) is 2.99. The minimum absolute atomic E-state index is 0.0353. The highest BCUT2D eigenvalue weighted by Crippen LogP contribution is 2.27. The Labute approximate surface area is 108 Å². The number of amides is 1. The van der Waals surface area contributed by atoms with E-state index in [2.05, 4.69) is 17.2 Å². The summed E-state index contributed by atoms with van der Waals surface area (Å²) >= 11 is 0. The molecule has 0 unspecified atom stereocenters. The maximum absolute atomic E-state index is 12.1. The molecule has 1 fully saturated rings. The predicted octanol–water partition coefficient (Wildman–Crippen LogP) is 1.45. The van der Waals surface area contributed by atoms with Crippen molar-refractivity contribution in [3.05, 3.63) is 34.9 Å². The highest BCUT2D eigenvalue weighted by atomic mass is 16.1. The molecule has 0 saturated heterocycles. The predicted molar refractivity (Wildman–Crippen MR) is 72.2 cm³/mol. The Morgan fingerprint density at radius 3 is 2.94 bits per heavy atom. The van der Waals surface area contributed by atoms with Gasteiger partial charge in [0.15, 0.2) is 0 Å². The average molecular weight is 242 g/mol. The zero-order valence-corrected chi connectivity index (χ0v) is 10.6. The van der Waals surface area contributed by atoms with Gasteiger partial charge in [-0.05, 0) is 37.8 Å². The van der Waals surface area contributed by atoms with E-state index in [1.165, 1.54) is 12.8 Å². The molecule has 0 aromatic heterocycles. The SMILES string of the molecule is Cc1ccc(C#CCN)c(C(=O)NCC2CC2)c1. The topological polar surface area (TPSA) is 55.1 Å². The number of nitrogens with two attached hydrogens (primary N) is 1. The number of hydrogen-bond donors (Lipinski definition) is 2. The fourth-order valence-electron chi connectivity index (χ4n) is 1.76. The van der Waals surface area contributed by atoms with Crippen LogP contribution in [0.5, 0.6) is 0 Å². The Hall–Kier alpha value is -1.79. The van der Waals surface area contributed by atoms with Crippen molar-refractivity contribution in [2.75, 3.05) is 13.1 Å². The highest BCUT2D eigenvalue weighted by Gasteiger charge is 2.22. The van der Waals surface area contributed by atoms with Crippen molar-refractivity contribution in [1.29, 1.82) is 0 Å². The normalized spacial score (nSPS) is 13.7. The van der Waals surface area contributed by atoms with Crippen LogP contribution in [0.4, 0.5) is 0 Å². The first-order chi connectivity index (χ1) is 8.70. The van der Waals surface area contributed by atoms with Crippen LogP contribution in [0.25, 0.3) is 0 Å². The van der Waals surface area contributed by atoms with Crippen LogP contribution >= 0.6 is 0 Å². The standard InChI is InChI=1S/C15H18N2O/c1-11-4-7-13(3-2-8-16)14(9-11)15(18)17-10-12-5-6-12/h4,7,9,12H,5-6,8,10,16H2,1H3,(H,17,18). The second-order valence-electron chi connectivity index (χ2n) is 4.71. The first-order valence-electron chi connectivity index (χ1n) is 6.28. The van der Waals surface area contributed by atoms with Crippen molar-refractivity contribution in [2.45, 2.75) is 19.8 Å². The van der Waals surface area contributed by atoms with E-state index in [9.17, 15) is 4.79 Å². The van der Waals surface area contributed by atoms with Crippen molar-refractivity contribution < 1.29 is 4.79 Å². The second kappa shape index (κ2) is 5.70. The van der Waals surface area contributed by atoms with Crippen molar-refractivity contribution in [1.82, 2.24) is 5.32 Å². The highest BCUT2D eigenvalue weighted by molar-refractivity contribution is 5.97. The summed E-state index contributed by atoms with van der Waals surface area (Å²) in [7, 11) is 0. The van der Waals surface area contributed by atoms with Crippen molar-refractivity contribution >= 4 is 5.91 Å². The van der Waals surface area contributed by atoms with E-state index < -0.39 is 0 Å². The number of carbonyl (C=O) groups excluding carboxylic acids is 1. The van der Waals surface area contributed by atoms with E-state index in [4.69, 9.17) is 5.73 Å². The minimum atomic E-state index is -0.0353. The van der Waals surface area contributed by atoms with Gasteiger partial charge in [-0.15, -0.1) is 0 Å². The fourth-order valence-corrected chi connectivity index (χ4v) is 1.76. The van der Waals surface area contributed by atoms with Gasteiger partial charge in [-0.2, -0.15) is 0 Å². The third kappa shape index (κ3) is 3.35. The van der Waals surface area contributed by atoms with Crippen molar-refractivity contribution in [2.24, 2.45) is 11.7 Å². The zero-order valence-electron chi connectivity index (χ0n) is 10.6. The lowest BCUT2D eigenvalue weighted by atomic mass is 10.0. The Kier molecular flexibility index (Phi) is 4.01. The van der Waals surface area contributed by atoms with E-state index >= 15 is 0 Å². The smallest absolute Gasteiger partial charge is 0.252 e. The van der Waals surface area contributed by atoms with Crippen LogP contribution in [-0.4, -0.2) is 19.0 Å². The fraction of sp³-hybridized carbons (Fsp3) is 0.400. The minimum Gasteiger partial charge on any atom is -0.352 e. The van der Waals surface area contributed by atoms with Gasteiger partial charge in [0.1, 0.15) is 0 Å². The van der Waals surface area contributed by atoms with Crippen molar-refractivity contribution in [3.63, 3.8) is 0 Å². The number of carbonyl (C=O) groups is 1. The number of benzene rings is 1. The van der Waals surface area contributed by atoms with E-state index in [1.54, 1.807) is 0 Å². The summed E-state index contributed by atoms with van der Waals surface area (Å²) in [4.78, 5) is 12.1. The molecule has 94 valence electrons. The Balaban J connectivity index is 2.16. The lowest BCUT2D eigenvalue weighted by Crippen LogP contribution is -2.26. The molecule has 3 nitrogen and oxygen atoms in total. The number of aryl methyl sites for hydroxylation is 1. The molecule has 1 aliphatic rings. The molecule has 18 heavy (non-hydrogen) atoms. The molecule has 3 N–H and O–H groups in total. The lowest BCUT2D eigenvalue weighted by Gasteiger charge is -2.07. The first kappa shape index (κ1) is 12.7. The van der Waals surface area contributed by atoms with Gasteiger partial charge in [0, 0.05) is 12.1 Å². The Morgan fingerprint density at radius 1 is 1.50 bits per heavy atom. The monoisotopic (exact) mass is 242 g/mol. The van der Waals surface area contributed by atoms with Crippen LogP contribution in [0.15, 0.2) is 18.2 Å². The third-order valence-electron chi connectivity index (χ3n) is 2.99. The molecule has 2 rings (SSSR count). The van der Waals surface area contributed by atoms with Gasteiger partial charge in [0.25, 0.3) is 5.91 Å². The summed E-state index contributed by atoms with van der Waals surface area (Å²) in [6.07, 6.45) is 2.46. The van der Waals surface area contributed by atoms with Gasteiger partial charge in [0.05, 0.1) is 12.1 Å². The van der Waals surface area contributed by atoms with Gasteiger partial charge in [-0.3, -0.25) is 4.79 Å². The van der Waals surface area contributed by atoms with Crippen LogP contribution < -0.4 is 11.1 Å². The van der Waals surface area contributed by atoms with Crippen LogP contribution in [0.1, 0.15) is 34.3 Å². The van der Waals surface area contributed by atoms with E-state index in [0.29, 0.717) is 18.0 Å². The molecular formula is C15H18N2O. The summed E-state index contributed by atoms with van der Waals surface area (Å²) in [5.41, 5.74) is 7.82. The van der Waals surface area contributed by atoms with Gasteiger partial charge in [0.2, 0.25) is 0 Å². The molecule has 0 spiro atoms. The molecule has 0 radical (unpaired) electrons. The summed E-state index contributed by atoms with van der Waals surface area (Å²) in [5, 5.41) is 2.97. The largest absolute Gasteiger partial charge is 0.352 e. The van der Waals surface area contributed by atoms with Crippen LogP contribution in [0.3, 0.4) is 0 Å². The maximum Gasteiger partial charge on any atom is 0.252 e. The molecule has 1 aromatic carbocycles. The molecule has 0 heterocycles. The van der Waals surface area contributed by atoms with Gasteiger partial charge in [-0.1, -0.05) is 23.5 Å². The van der Waals surface area contributed by atoms with Crippen LogP contribution in [-0.2, 0) is 0 Å². The summed E-state index contributed by atoms with van der Waals surface area (Å²) in [5.74, 6) is 6.39. The van der Waals surface area contributed by atoms with Crippen molar-refractivity contribution in [3.8, 4) is 11.8 Å². The molecule has 1 saturated carbocycles. The number of nitrogens with one attached hydrogen (secondary N) is 1. The molecule has 3 heteroatoms. The first-order valence-corrected chi connectivity index (χ1v) is 6.28. The van der Waals surface area contributed by atoms with Gasteiger partial charge < -0.3 is 11.1 Å². The van der Waals surface area contributed by atoms with Gasteiger partial charge >= 0.3 is 0 Å². The molecule has 1 aromatic rings. The van der Waals surface area contributed by atoms with Crippen LogP contribution in [0, 0.1) is 24.7 Å². The van der Waals surface area contributed by atoms with Crippen LogP contribution in [0.2, 0.25) is 0 Å². The average Bonchev–Trinajstić information content (AvgIpc) is 3.18. The maximum atomic E-state index is 12.1. The summed E-state index contributed by atoms with van der Waals surface area (Å²) in [6.45, 7) is 3.05. The number of hydrogen-bond acceptors (Lipinski definition) is 2. The molecule has 0 atom stereocenters. The summed E-state index contributed by atoms with van der Waals surface area (Å²) < 4.78 is 0. The Morgan fingerprint density at radius 2 is 2.28 bits per heavy atom. The van der Waals surface area contributed by atoms with E-state index in [0.717, 1.165) is 17.7 Å². The molecule has 0 aliphatic heterocycles.